The summed E-state index contributed by atoms with van der Waals surface area (Å²) in [4.78, 5) is 15.5. The van der Waals surface area contributed by atoms with Crippen LogP contribution in [0.15, 0.2) is 5.38 Å². The molecule has 4 nitrogen and oxygen atoms in total. The minimum absolute atomic E-state index is 0.180. The number of hydrogen-bond acceptors (Lipinski definition) is 5. The van der Waals surface area contributed by atoms with E-state index in [0.717, 1.165) is 16.7 Å². The van der Waals surface area contributed by atoms with Crippen LogP contribution in [0.1, 0.15) is 31.9 Å². The first kappa shape index (κ1) is 12.4. The summed E-state index contributed by atoms with van der Waals surface area (Å²) in [6.07, 6.45) is 3.53. The molecule has 0 amide bonds. The summed E-state index contributed by atoms with van der Waals surface area (Å²) < 4.78 is 4.60. The van der Waals surface area contributed by atoms with Gasteiger partial charge in [0.05, 0.1) is 19.2 Å². The van der Waals surface area contributed by atoms with Crippen LogP contribution in [0.5, 0.6) is 0 Å². The maximum atomic E-state index is 11.0. The number of aryl methyl sites for hydroxylation is 1. The lowest BCUT2D eigenvalue weighted by atomic mass is 9.82. The number of methoxy groups -OCH3 is 1. The summed E-state index contributed by atoms with van der Waals surface area (Å²) in [6, 6.07) is 0.588. The van der Waals surface area contributed by atoms with Gasteiger partial charge in [-0.25, -0.2) is 4.98 Å². The van der Waals surface area contributed by atoms with Gasteiger partial charge in [0.2, 0.25) is 0 Å². The van der Waals surface area contributed by atoms with Crippen molar-refractivity contribution in [3.63, 3.8) is 0 Å². The third-order valence-electron chi connectivity index (χ3n) is 3.07. The van der Waals surface area contributed by atoms with Crippen LogP contribution in [0, 0.1) is 5.92 Å². The summed E-state index contributed by atoms with van der Waals surface area (Å²) in [7, 11) is 1.41. The zero-order chi connectivity index (χ0) is 12.3. The van der Waals surface area contributed by atoms with Crippen molar-refractivity contribution in [3.8, 4) is 0 Å². The molecule has 1 aliphatic rings. The average Bonchev–Trinajstić information content (AvgIpc) is 2.71. The number of hydrogen-bond donors (Lipinski definition) is 1. The van der Waals surface area contributed by atoms with E-state index in [1.54, 1.807) is 11.3 Å². The number of thiazole rings is 1. The summed E-state index contributed by atoms with van der Waals surface area (Å²) in [6.45, 7) is 2.27. The van der Waals surface area contributed by atoms with Crippen LogP contribution in [0.4, 0.5) is 5.13 Å². The molecule has 0 spiro atoms. The van der Waals surface area contributed by atoms with E-state index >= 15 is 0 Å². The first-order chi connectivity index (χ1) is 8.17. The highest BCUT2D eigenvalue weighted by Gasteiger charge is 2.25. The van der Waals surface area contributed by atoms with Gasteiger partial charge < -0.3 is 10.1 Å². The molecular weight excluding hydrogens is 236 g/mol. The molecule has 1 aliphatic carbocycles. The van der Waals surface area contributed by atoms with Crippen molar-refractivity contribution < 1.29 is 9.53 Å². The van der Waals surface area contributed by atoms with Crippen LogP contribution in [-0.4, -0.2) is 24.1 Å². The predicted molar refractivity (Wildman–Crippen MR) is 68.3 cm³/mol. The molecule has 1 aromatic heterocycles. The molecule has 0 unspecified atom stereocenters. The van der Waals surface area contributed by atoms with Gasteiger partial charge in [0.25, 0.3) is 0 Å². The molecule has 94 valence electrons. The molecule has 17 heavy (non-hydrogen) atoms. The summed E-state index contributed by atoms with van der Waals surface area (Å²) in [5.41, 5.74) is 0.968. The Morgan fingerprint density at radius 3 is 3.06 bits per heavy atom. The molecule has 2 rings (SSSR count). The number of ether oxygens (including phenoxy) is 1. The van der Waals surface area contributed by atoms with E-state index in [2.05, 4.69) is 22.0 Å². The first-order valence-electron chi connectivity index (χ1n) is 5.95. The number of nitrogens with one attached hydrogen (secondary N) is 1. The van der Waals surface area contributed by atoms with Gasteiger partial charge in [0, 0.05) is 17.8 Å². The summed E-state index contributed by atoms with van der Waals surface area (Å²) in [5.74, 6) is 0.659. The normalized spacial score (nSPS) is 22.9. The number of aromatic nitrogens is 1. The second-order valence-electron chi connectivity index (χ2n) is 4.64. The molecule has 0 radical (unpaired) electrons. The largest absolute Gasteiger partial charge is 0.469 e. The highest BCUT2D eigenvalue weighted by atomic mass is 32.1. The number of carbonyl (C=O) groups excluding carboxylic acids is 1. The van der Waals surface area contributed by atoms with Crippen LogP contribution in [0.25, 0.3) is 0 Å². The summed E-state index contributed by atoms with van der Waals surface area (Å²) in [5, 5.41) is 6.40. The molecule has 1 fully saturated rings. The molecule has 0 bridgehead atoms. The van der Waals surface area contributed by atoms with Crippen LogP contribution >= 0.6 is 11.3 Å². The van der Waals surface area contributed by atoms with Crippen molar-refractivity contribution in [2.75, 3.05) is 12.4 Å². The molecule has 1 heterocycles. The van der Waals surface area contributed by atoms with E-state index < -0.39 is 0 Å². The van der Waals surface area contributed by atoms with Crippen molar-refractivity contribution in [3.05, 3.63) is 11.1 Å². The fourth-order valence-electron chi connectivity index (χ4n) is 2.02. The Morgan fingerprint density at radius 2 is 2.41 bits per heavy atom. The van der Waals surface area contributed by atoms with Crippen molar-refractivity contribution in [1.82, 2.24) is 4.98 Å². The first-order valence-corrected chi connectivity index (χ1v) is 6.83. The zero-order valence-electron chi connectivity index (χ0n) is 10.2. The average molecular weight is 254 g/mol. The molecule has 1 N–H and O–H groups in total. The molecule has 1 aromatic rings. The van der Waals surface area contributed by atoms with Gasteiger partial charge >= 0.3 is 5.97 Å². The van der Waals surface area contributed by atoms with Gasteiger partial charge in [-0.3, -0.25) is 4.79 Å². The topological polar surface area (TPSA) is 51.2 Å². The molecule has 0 aromatic carbocycles. The molecule has 0 saturated heterocycles. The number of carbonyl (C=O) groups is 1. The van der Waals surface area contributed by atoms with Crippen molar-refractivity contribution >= 4 is 22.4 Å². The third kappa shape index (κ3) is 3.43. The van der Waals surface area contributed by atoms with E-state index in [1.807, 2.05) is 5.38 Å². The molecule has 1 saturated carbocycles. The number of rotatable bonds is 5. The predicted octanol–water partition coefficient (Wildman–Crippen LogP) is 2.46. The Morgan fingerprint density at radius 1 is 1.65 bits per heavy atom. The Hall–Kier alpha value is -1.10. The number of anilines is 1. The minimum atomic E-state index is -0.180. The lowest BCUT2D eigenvalue weighted by Crippen LogP contribution is -2.33. The van der Waals surface area contributed by atoms with Crippen LogP contribution in [-0.2, 0) is 16.0 Å². The van der Waals surface area contributed by atoms with E-state index in [-0.39, 0.29) is 5.97 Å². The maximum absolute atomic E-state index is 11.0. The van der Waals surface area contributed by atoms with Crippen LogP contribution < -0.4 is 5.32 Å². The Kier molecular flexibility index (Phi) is 3.99. The fraction of sp³-hybridized carbons (Fsp3) is 0.667. The molecular formula is C12H18N2O2S. The van der Waals surface area contributed by atoms with E-state index in [0.29, 0.717) is 18.9 Å². The van der Waals surface area contributed by atoms with Gasteiger partial charge in [-0.15, -0.1) is 11.3 Å². The van der Waals surface area contributed by atoms with E-state index in [4.69, 9.17) is 0 Å². The maximum Gasteiger partial charge on any atom is 0.305 e. The van der Waals surface area contributed by atoms with Gasteiger partial charge in [0.15, 0.2) is 5.13 Å². The standard InChI is InChI=1S/C12H18N2O2S/c1-8-5-10(6-8)14-12-13-9(7-17-12)3-4-11(15)16-2/h7-8,10H,3-6H2,1-2H3,(H,13,14). The van der Waals surface area contributed by atoms with Crippen molar-refractivity contribution in [2.24, 2.45) is 5.92 Å². The molecule has 5 heteroatoms. The van der Waals surface area contributed by atoms with E-state index in [9.17, 15) is 4.79 Å². The van der Waals surface area contributed by atoms with Crippen LogP contribution in [0.3, 0.4) is 0 Å². The molecule has 0 atom stereocenters. The zero-order valence-corrected chi connectivity index (χ0v) is 11.0. The lowest BCUT2D eigenvalue weighted by molar-refractivity contribution is -0.140. The lowest BCUT2D eigenvalue weighted by Gasteiger charge is -2.33. The van der Waals surface area contributed by atoms with Gasteiger partial charge in [-0.2, -0.15) is 0 Å². The Balaban J connectivity index is 1.77. The van der Waals surface area contributed by atoms with Gasteiger partial charge in [-0.1, -0.05) is 6.92 Å². The minimum Gasteiger partial charge on any atom is -0.469 e. The Bertz CT molecular complexity index is 386. The highest BCUT2D eigenvalue weighted by molar-refractivity contribution is 7.13. The Labute approximate surface area is 105 Å². The van der Waals surface area contributed by atoms with Gasteiger partial charge in [-0.05, 0) is 18.8 Å². The quantitative estimate of drug-likeness (QED) is 0.820. The fourth-order valence-corrected chi connectivity index (χ4v) is 2.84. The van der Waals surface area contributed by atoms with Crippen molar-refractivity contribution in [1.29, 1.82) is 0 Å². The summed E-state index contributed by atoms with van der Waals surface area (Å²) >= 11 is 1.61. The second kappa shape index (κ2) is 5.49. The van der Waals surface area contributed by atoms with E-state index in [1.165, 1.54) is 20.0 Å². The monoisotopic (exact) mass is 254 g/mol. The SMILES string of the molecule is COC(=O)CCc1csc(NC2CC(C)C2)n1. The van der Waals surface area contributed by atoms with Crippen LogP contribution in [0.2, 0.25) is 0 Å². The third-order valence-corrected chi connectivity index (χ3v) is 3.89. The number of esters is 1. The molecule has 0 aliphatic heterocycles. The number of nitrogens with zero attached hydrogens (tertiary/aromatic N) is 1. The highest BCUT2D eigenvalue weighted by Crippen LogP contribution is 2.30. The smallest absolute Gasteiger partial charge is 0.305 e. The second-order valence-corrected chi connectivity index (χ2v) is 5.50. The van der Waals surface area contributed by atoms with Gasteiger partial charge in [0.1, 0.15) is 0 Å². The van der Waals surface area contributed by atoms with Crippen molar-refractivity contribution in [2.45, 2.75) is 38.6 Å².